The molecular formula is C12H15BrF3NO4S. The molecule has 0 saturated heterocycles. The average molecular weight is 406 g/mol. The van der Waals surface area contributed by atoms with Gasteiger partial charge in [0.05, 0.1) is 6.10 Å². The SMILES string of the molecule is O=S(=O)(N(CCBr)CC(O)C(O)c1ccccc1)C(F)(F)F. The molecule has 0 saturated carbocycles. The van der Waals surface area contributed by atoms with E-state index in [1.54, 1.807) is 18.2 Å². The van der Waals surface area contributed by atoms with Crippen molar-refractivity contribution in [2.45, 2.75) is 17.7 Å². The Labute approximate surface area is 134 Å². The minimum absolute atomic E-state index is 0.0452. The summed E-state index contributed by atoms with van der Waals surface area (Å²) < 4.78 is 60.7. The molecule has 0 fully saturated rings. The number of alkyl halides is 4. The third-order valence-electron chi connectivity index (χ3n) is 2.86. The molecular weight excluding hydrogens is 391 g/mol. The first kappa shape index (κ1) is 19.4. The van der Waals surface area contributed by atoms with E-state index in [1.165, 1.54) is 12.1 Å². The zero-order valence-electron chi connectivity index (χ0n) is 11.2. The van der Waals surface area contributed by atoms with E-state index in [0.717, 1.165) is 0 Å². The van der Waals surface area contributed by atoms with Crippen LogP contribution in [0.2, 0.25) is 0 Å². The van der Waals surface area contributed by atoms with Gasteiger partial charge in [-0.15, -0.1) is 0 Å². The van der Waals surface area contributed by atoms with E-state index < -0.39 is 40.8 Å². The highest BCUT2D eigenvalue weighted by Gasteiger charge is 2.50. The Morgan fingerprint density at radius 3 is 2.18 bits per heavy atom. The number of hydrogen-bond donors (Lipinski definition) is 2. The van der Waals surface area contributed by atoms with Gasteiger partial charge in [0, 0.05) is 18.4 Å². The fourth-order valence-corrected chi connectivity index (χ4v) is 3.37. The lowest BCUT2D eigenvalue weighted by Crippen LogP contribution is -2.46. The number of aliphatic hydroxyl groups is 2. The maximum Gasteiger partial charge on any atom is 0.511 e. The van der Waals surface area contributed by atoms with Gasteiger partial charge in [-0.05, 0) is 5.56 Å². The minimum atomic E-state index is -5.58. The summed E-state index contributed by atoms with van der Waals surface area (Å²) in [6.07, 6.45) is -3.19. The van der Waals surface area contributed by atoms with Crippen LogP contribution in [0.3, 0.4) is 0 Å². The molecule has 0 amide bonds. The first-order valence-corrected chi connectivity index (χ1v) is 8.71. The Balaban J connectivity index is 2.92. The van der Waals surface area contributed by atoms with E-state index in [9.17, 15) is 31.8 Å². The predicted octanol–water partition coefficient (Wildman–Crippen LogP) is 1.63. The molecule has 0 aliphatic heterocycles. The predicted molar refractivity (Wildman–Crippen MR) is 77.8 cm³/mol. The summed E-state index contributed by atoms with van der Waals surface area (Å²) in [5, 5.41) is 19.7. The van der Waals surface area contributed by atoms with E-state index in [1.807, 2.05) is 0 Å². The summed E-state index contributed by atoms with van der Waals surface area (Å²) in [7, 11) is -5.58. The molecule has 0 aliphatic carbocycles. The van der Waals surface area contributed by atoms with Gasteiger partial charge in [0.2, 0.25) is 0 Å². The van der Waals surface area contributed by atoms with Gasteiger partial charge < -0.3 is 10.2 Å². The molecule has 2 N–H and O–H groups in total. The van der Waals surface area contributed by atoms with E-state index in [2.05, 4.69) is 15.9 Å². The lowest BCUT2D eigenvalue weighted by Gasteiger charge is -2.27. The van der Waals surface area contributed by atoms with Crippen molar-refractivity contribution < 1.29 is 31.8 Å². The second kappa shape index (κ2) is 7.73. The van der Waals surface area contributed by atoms with Crippen LogP contribution in [0.25, 0.3) is 0 Å². The normalized spacial score (nSPS) is 15.8. The Bertz CT molecular complexity index is 567. The van der Waals surface area contributed by atoms with Crippen LogP contribution >= 0.6 is 15.9 Å². The van der Waals surface area contributed by atoms with E-state index in [4.69, 9.17) is 0 Å². The summed E-state index contributed by atoms with van der Waals surface area (Å²) in [6.45, 7) is -1.36. The summed E-state index contributed by atoms with van der Waals surface area (Å²) in [4.78, 5) is 0. The molecule has 0 bridgehead atoms. The molecule has 22 heavy (non-hydrogen) atoms. The topological polar surface area (TPSA) is 77.8 Å². The smallest absolute Gasteiger partial charge is 0.389 e. The number of halogens is 4. The van der Waals surface area contributed by atoms with Crippen LogP contribution in [-0.4, -0.2) is 53.0 Å². The molecule has 10 heteroatoms. The third-order valence-corrected chi connectivity index (χ3v) is 4.81. The van der Waals surface area contributed by atoms with Crippen molar-refractivity contribution in [2.24, 2.45) is 0 Å². The van der Waals surface area contributed by atoms with Crippen molar-refractivity contribution in [3.63, 3.8) is 0 Å². The summed E-state index contributed by atoms with van der Waals surface area (Å²) >= 11 is 2.86. The molecule has 2 atom stereocenters. The number of rotatable bonds is 7. The summed E-state index contributed by atoms with van der Waals surface area (Å²) in [5.41, 5.74) is -5.19. The number of sulfonamides is 1. The summed E-state index contributed by atoms with van der Waals surface area (Å²) in [5.74, 6) is 0. The van der Waals surface area contributed by atoms with Crippen molar-refractivity contribution in [1.29, 1.82) is 0 Å². The van der Waals surface area contributed by atoms with Crippen LogP contribution in [0.15, 0.2) is 30.3 Å². The molecule has 1 rings (SSSR count). The third kappa shape index (κ3) is 4.66. The fourth-order valence-electron chi connectivity index (χ4n) is 1.73. The number of benzene rings is 1. The molecule has 2 unspecified atom stereocenters. The molecule has 0 spiro atoms. The molecule has 1 aromatic rings. The van der Waals surface area contributed by atoms with Gasteiger partial charge in [0.25, 0.3) is 0 Å². The summed E-state index contributed by atoms with van der Waals surface area (Å²) in [6, 6.07) is 7.76. The van der Waals surface area contributed by atoms with Gasteiger partial charge in [-0.25, -0.2) is 8.42 Å². The van der Waals surface area contributed by atoms with Crippen molar-refractivity contribution in [2.75, 3.05) is 18.4 Å². The van der Waals surface area contributed by atoms with Crippen molar-refractivity contribution >= 4 is 26.0 Å². The van der Waals surface area contributed by atoms with Gasteiger partial charge in [-0.2, -0.15) is 17.5 Å². The van der Waals surface area contributed by atoms with Crippen LogP contribution in [0, 0.1) is 0 Å². The van der Waals surface area contributed by atoms with E-state index >= 15 is 0 Å². The van der Waals surface area contributed by atoms with Crippen LogP contribution in [0.4, 0.5) is 13.2 Å². The Kier molecular flexibility index (Phi) is 6.81. The lowest BCUT2D eigenvalue weighted by molar-refractivity contribution is -0.0515. The van der Waals surface area contributed by atoms with Crippen molar-refractivity contribution in [1.82, 2.24) is 4.31 Å². The van der Waals surface area contributed by atoms with Gasteiger partial charge in [-0.3, -0.25) is 0 Å². The van der Waals surface area contributed by atoms with Crippen LogP contribution < -0.4 is 0 Å². The average Bonchev–Trinajstić information content (AvgIpc) is 2.45. The van der Waals surface area contributed by atoms with E-state index in [0.29, 0.717) is 0 Å². The second-order valence-electron chi connectivity index (χ2n) is 4.42. The molecule has 1 aromatic carbocycles. The fraction of sp³-hybridized carbons (Fsp3) is 0.500. The number of hydrogen-bond acceptors (Lipinski definition) is 4. The largest absolute Gasteiger partial charge is 0.511 e. The molecule has 0 heterocycles. The first-order chi connectivity index (χ1) is 10.1. The van der Waals surface area contributed by atoms with Gasteiger partial charge in [0.15, 0.2) is 0 Å². The van der Waals surface area contributed by atoms with Crippen LogP contribution in [-0.2, 0) is 10.0 Å². The van der Waals surface area contributed by atoms with Crippen molar-refractivity contribution in [3.05, 3.63) is 35.9 Å². The number of nitrogens with zero attached hydrogens (tertiary/aromatic N) is 1. The molecule has 126 valence electrons. The maximum atomic E-state index is 12.6. The molecule has 0 radical (unpaired) electrons. The second-order valence-corrected chi connectivity index (χ2v) is 7.14. The quantitative estimate of drug-likeness (QED) is 0.675. The van der Waals surface area contributed by atoms with Crippen molar-refractivity contribution in [3.8, 4) is 0 Å². The Morgan fingerprint density at radius 1 is 1.18 bits per heavy atom. The minimum Gasteiger partial charge on any atom is -0.389 e. The van der Waals surface area contributed by atoms with Crippen LogP contribution in [0.5, 0.6) is 0 Å². The maximum absolute atomic E-state index is 12.6. The highest BCUT2D eigenvalue weighted by Crippen LogP contribution is 2.28. The van der Waals surface area contributed by atoms with Gasteiger partial charge >= 0.3 is 15.5 Å². The van der Waals surface area contributed by atoms with E-state index in [-0.39, 0.29) is 15.2 Å². The Morgan fingerprint density at radius 2 is 1.73 bits per heavy atom. The molecule has 0 aromatic heterocycles. The Hall–Kier alpha value is -0.680. The van der Waals surface area contributed by atoms with Gasteiger partial charge in [-0.1, -0.05) is 46.3 Å². The monoisotopic (exact) mass is 405 g/mol. The lowest BCUT2D eigenvalue weighted by atomic mass is 10.0. The highest BCUT2D eigenvalue weighted by atomic mass is 79.9. The molecule has 0 aliphatic rings. The first-order valence-electron chi connectivity index (χ1n) is 6.14. The van der Waals surface area contributed by atoms with Crippen LogP contribution in [0.1, 0.15) is 11.7 Å². The van der Waals surface area contributed by atoms with Gasteiger partial charge in [0.1, 0.15) is 6.10 Å². The zero-order valence-corrected chi connectivity index (χ0v) is 13.6. The highest BCUT2D eigenvalue weighted by molar-refractivity contribution is 9.09. The number of aliphatic hydroxyl groups excluding tert-OH is 2. The molecule has 5 nitrogen and oxygen atoms in total. The zero-order chi connectivity index (χ0) is 17.0. The standard InChI is InChI=1S/C12H15BrF3NO4S/c13-6-7-17(22(20,21)12(14,15)16)8-10(18)11(19)9-4-2-1-3-5-9/h1-5,10-11,18-19H,6-8H2.